The standard InChI is InChI=1S/C7H12N4O2/c1-2-3-4(8)6-10-7(5(9)12)13-11-6/h4H,2-3,8H2,1H3,(H2,9,12). The molecular formula is C7H12N4O2. The predicted octanol–water partition coefficient (Wildman–Crippen LogP) is -0.0316. The van der Waals surface area contributed by atoms with Gasteiger partial charge in [0.15, 0.2) is 5.82 Å². The molecule has 0 spiro atoms. The molecule has 6 heteroatoms. The quantitative estimate of drug-likeness (QED) is 0.682. The Kier molecular flexibility index (Phi) is 2.97. The van der Waals surface area contributed by atoms with E-state index in [2.05, 4.69) is 14.7 Å². The molecule has 0 radical (unpaired) electrons. The molecule has 4 N–H and O–H groups in total. The van der Waals surface area contributed by atoms with Crippen molar-refractivity contribution in [3.8, 4) is 0 Å². The van der Waals surface area contributed by atoms with Gasteiger partial charge in [-0.25, -0.2) is 0 Å². The SMILES string of the molecule is CCCC(N)c1noc(C(N)=O)n1. The maximum Gasteiger partial charge on any atom is 0.315 e. The fourth-order valence-electron chi connectivity index (χ4n) is 0.926. The molecule has 13 heavy (non-hydrogen) atoms. The van der Waals surface area contributed by atoms with Crippen molar-refractivity contribution < 1.29 is 9.32 Å². The van der Waals surface area contributed by atoms with Crippen molar-refractivity contribution in [3.05, 3.63) is 11.7 Å². The number of carbonyl (C=O) groups is 1. The lowest BCUT2D eigenvalue weighted by molar-refractivity contribution is 0.0958. The molecule has 6 nitrogen and oxygen atoms in total. The zero-order chi connectivity index (χ0) is 9.84. The van der Waals surface area contributed by atoms with Crippen molar-refractivity contribution in [1.82, 2.24) is 10.1 Å². The van der Waals surface area contributed by atoms with Crippen molar-refractivity contribution in [3.63, 3.8) is 0 Å². The average molecular weight is 184 g/mol. The van der Waals surface area contributed by atoms with Gasteiger partial charge in [-0.2, -0.15) is 4.98 Å². The third-order valence-electron chi connectivity index (χ3n) is 1.58. The Balaban J connectivity index is 2.73. The van der Waals surface area contributed by atoms with Crippen LogP contribution in [0, 0.1) is 0 Å². The highest BCUT2D eigenvalue weighted by molar-refractivity contribution is 5.87. The number of aromatic nitrogens is 2. The molecule has 1 rings (SSSR count). The normalized spacial score (nSPS) is 12.8. The summed E-state index contributed by atoms with van der Waals surface area (Å²) in [6, 6.07) is -0.290. The van der Waals surface area contributed by atoms with E-state index in [1.807, 2.05) is 6.92 Å². The molecule has 1 aromatic heterocycles. The van der Waals surface area contributed by atoms with Crippen molar-refractivity contribution in [2.45, 2.75) is 25.8 Å². The van der Waals surface area contributed by atoms with Gasteiger partial charge in [0.25, 0.3) is 0 Å². The minimum absolute atomic E-state index is 0.193. The first-order chi connectivity index (χ1) is 6.15. The van der Waals surface area contributed by atoms with Gasteiger partial charge in [-0.05, 0) is 6.42 Å². The Labute approximate surface area is 75.3 Å². The van der Waals surface area contributed by atoms with Crippen LogP contribution in [-0.4, -0.2) is 16.0 Å². The number of hydrogen-bond acceptors (Lipinski definition) is 5. The van der Waals surface area contributed by atoms with Crippen LogP contribution in [0.5, 0.6) is 0 Å². The Morgan fingerprint density at radius 3 is 2.85 bits per heavy atom. The molecule has 0 aliphatic carbocycles. The second kappa shape index (κ2) is 3.99. The van der Waals surface area contributed by atoms with Crippen LogP contribution < -0.4 is 11.5 Å². The van der Waals surface area contributed by atoms with E-state index in [9.17, 15) is 4.79 Å². The minimum atomic E-state index is -0.734. The number of hydrogen-bond donors (Lipinski definition) is 2. The summed E-state index contributed by atoms with van der Waals surface area (Å²) in [7, 11) is 0. The maximum absolute atomic E-state index is 10.6. The first-order valence-corrected chi connectivity index (χ1v) is 4.04. The molecule has 1 amide bonds. The van der Waals surface area contributed by atoms with E-state index in [-0.39, 0.29) is 11.9 Å². The molecule has 0 bridgehead atoms. The third-order valence-corrected chi connectivity index (χ3v) is 1.58. The molecule has 0 saturated heterocycles. The smallest absolute Gasteiger partial charge is 0.315 e. The molecule has 0 saturated carbocycles. The maximum atomic E-state index is 10.6. The molecule has 1 unspecified atom stereocenters. The van der Waals surface area contributed by atoms with Crippen LogP contribution in [0.3, 0.4) is 0 Å². The number of rotatable bonds is 4. The predicted molar refractivity (Wildman–Crippen MR) is 44.7 cm³/mol. The molecule has 1 heterocycles. The van der Waals surface area contributed by atoms with Crippen molar-refractivity contribution in [1.29, 1.82) is 0 Å². The van der Waals surface area contributed by atoms with E-state index in [1.54, 1.807) is 0 Å². The van der Waals surface area contributed by atoms with Gasteiger partial charge in [0.1, 0.15) is 0 Å². The largest absolute Gasteiger partial charge is 0.361 e. The molecule has 0 aromatic carbocycles. The lowest BCUT2D eigenvalue weighted by atomic mass is 10.2. The molecule has 1 atom stereocenters. The lowest BCUT2D eigenvalue weighted by Crippen LogP contribution is -2.14. The highest BCUT2D eigenvalue weighted by Gasteiger charge is 2.15. The molecule has 0 aliphatic heterocycles. The van der Waals surface area contributed by atoms with Crippen LogP contribution in [0.1, 0.15) is 42.3 Å². The second-order valence-electron chi connectivity index (χ2n) is 2.72. The average Bonchev–Trinajstić information content (AvgIpc) is 2.52. The van der Waals surface area contributed by atoms with Crippen LogP contribution in [-0.2, 0) is 0 Å². The van der Waals surface area contributed by atoms with Crippen LogP contribution in [0.25, 0.3) is 0 Å². The highest BCUT2D eigenvalue weighted by atomic mass is 16.5. The van der Waals surface area contributed by atoms with Crippen molar-refractivity contribution in [2.24, 2.45) is 11.5 Å². The van der Waals surface area contributed by atoms with Gasteiger partial charge in [-0.1, -0.05) is 18.5 Å². The van der Waals surface area contributed by atoms with Crippen molar-refractivity contribution >= 4 is 5.91 Å². The number of carbonyl (C=O) groups excluding carboxylic acids is 1. The number of nitrogens with two attached hydrogens (primary N) is 2. The minimum Gasteiger partial charge on any atom is -0.361 e. The fraction of sp³-hybridized carbons (Fsp3) is 0.571. The third kappa shape index (κ3) is 2.25. The van der Waals surface area contributed by atoms with Gasteiger partial charge in [0, 0.05) is 0 Å². The molecule has 0 fully saturated rings. The lowest BCUT2D eigenvalue weighted by Gasteiger charge is -2.02. The van der Waals surface area contributed by atoms with E-state index >= 15 is 0 Å². The van der Waals surface area contributed by atoms with Gasteiger partial charge in [-0.3, -0.25) is 4.79 Å². The summed E-state index contributed by atoms with van der Waals surface area (Å²) in [6.07, 6.45) is 1.67. The number of amides is 1. The first kappa shape index (κ1) is 9.66. The van der Waals surface area contributed by atoms with E-state index in [4.69, 9.17) is 11.5 Å². The summed E-state index contributed by atoms with van der Waals surface area (Å²) < 4.78 is 4.58. The number of nitrogens with zero attached hydrogens (tertiary/aromatic N) is 2. The zero-order valence-corrected chi connectivity index (χ0v) is 7.36. The molecule has 1 aromatic rings. The van der Waals surface area contributed by atoms with Gasteiger partial charge in [0.2, 0.25) is 0 Å². The van der Waals surface area contributed by atoms with Crippen LogP contribution >= 0.6 is 0 Å². The summed E-state index contributed by atoms with van der Waals surface area (Å²) in [5.74, 6) is -0.598. The summed E-state index contributed by atoms with van der Waals surface area (Å²) in [6.45, 7) is 1.99. The molecule has 72 valence electrons. The fourth-order valence-corrected chi connectivity index (χ4v) is 0.926. The summed E-state index contributed by atoms with van der Waals surface area (Å²) >= 11 is 0. The first-order valence-electron chi connectivity index (χ1n) is 4.04. The van der Waals surface area contributed by atoms with Gasteiger partial charge in [-0.15, -0.1) is 0 Å². The van der Waals surface area contributed by atoms with Gasteiger partial charge >= 0.3 is 11.8 Å². The van der Waals surface area contributed by atoms with E-state index in [1.165, 1.54) is 0 Å². The molecule has 0 aliphatic rings. The summed E-state index contributed by atoms with van der Waals surface area (Å²) in [5.41, 5.74) is 10.6. The van der Waals surface area contributed by atoms with Crippen LogP contribution in [0.15, 0.2) is 4.52 Å². The van der Waals surface area contributed by atoms with Crippen LogP contribution in [0.2, 0.25) is 0 Å². The van der Waals surface area contributed by atoms with Crippen LogP contribution in [0.4, 0.5) is 0 Å². The Morgan fingerprint density at radius 1 is 1.69 bits per heavy atom. The topological polar surface area (TPSA) is 108 Å². The summed E-state index contributed by atoms with van der Waals surface area (Å²) in [5, 5.41) is 3.54. The van der Waals surface area contributed by atoms with E-state index in [0.717, 1.165) is 12.8 Å². The zero-order valence-electron chi connectivity index (χ0n) is 7.36. The second-order valence-corrected chi connectivity index (χ2v) is 2.72. The van der Waals surface area contributed by atoms with Crippen molar-refractivity contribution in [2.75, 3.05) is 0 Å². The van der Waals surface area contributed by atoms with E-state index in [0.29, 0.717) is 5.82 Å². The number of primary amides is 1. The Bertz CT molecular complexity index is 296. The van der Waals surface area contributed by atoms with E-state index < -0.39 is 5.91 Å². The Hall–Kier alpha value is -1.43. The monoisotopic (exact) mass is 184 g/mol. The summed E-state index contributed by atoms with van der Waals surface area (Å²) in [4.78, 5) is 14.3. The Morgan fingerprint density at radius 2 is 2.38 bits per heavy atom. The highest BCUT2D eigenvalue weighted by Crippen LogP contribution is 2.11. The van der Waals surface area contributed by atoms with Gasteiger partial charge in [0.05, 0.1) is 6.04 Å². The van der Waals surface area contributed by atoms with Gasteiger partial charge < -0.3 is 16.0 Å². The molecular weight excluding hydrogens is 172 g/mol.